The van der Waals surface area contributed by atoms with E-state index < -0.39 is 80.4 Å². The summed E-state index contributed by atoms with van der Waals surface area (Å²) in [6.07, 6.45) is -6.00. The fourth-order valence-electron chi connectivity index (χ4n) is 6.79. The lowest BCUT2D eigenvalue weighted by molar-refractivity contribution is -0.452. The summed E-state index contributed by atoms with van der Waals surface area (Å²) in [5.74, 6) is -3.38. The number of carbonyl (C=O) groups is 2. The van der Waals surface area contributed by atoms with Gasteiger partial charge in [-0.2, -0.15) is 0 Å². The molecule has 0 spiro atoms. The Morgan fingerprint density at radius 1 is 1.04 bits per heavy atom. The Bertz CT molecular complexity index is 1510. The number of phosphoric acid groups is 1. The number of aliphatic hydroxyl groups is 3. The first-order valence-electron chi connectivity index (χ1n) is 17.2. The molecule has 3 aliphatic rings. The molecule has 3 heterocycles. The minimum Gasteiger partial charge on any atom is -0.445 e. The van der Waals surface area contributed by atoms with Crippen molar-refractivity contribution >= 4 is 19.8 Å². The molecule has 2 aromatic rings. The van der Waals surface area contributed by atoms with Crippen LogP contribution in [0.1, 0.15) is 51.8 Å². The Balaban J connectivity index is 1.31. The third-order valence-electron chi connectivity index (χ3n) is 9.27. The van der Waals surface area contributed by atoms with E-state index >= 15 is 0 Å². The van der Waals surface area contributed by atoms with Crippen molar-refractivity contribution in [2.45, 2.75) is 108 Å². The van der Waals surface area contributed by atoms with Crippen molar-refractivity contribution in [1.29, 1.82) is 0 Å². The number of phosphoric ester groups is 1. The highest BCUT2D eigenvalue weighted by Gasteiger charge is 2.64. The first-order chi connectivity index (χ1) is 24.3. The highest BCUT2D eigenvalue weighted by Crippen LogP contribution is 2.49. The number of benzene rings is 1. The van der Waals surface area contributed by atoms with Crippen LogP contribution >= 0.6 is 7.82 Å². The van der Waals surface area contributed by atoms with Gasteiger partial charge in [-0.05, 0) is 51.3 Å². The Hall–Kier alpha value is -3.18. The zero-order valence-electron chi connectivity index (χ0n) is 29.3. The van der Waals surface area contributed by atoms with Crippen LogP contribution in [0.25, 0.3) is 0 Å². The number of amides is 2. The highest BCUT2D eigenvalue weighted by molar-refractivity contribution is 7.48. The van der Waals surface area contributed by atoms with Gasteiger partial charge in [-0.1, -0.05) is 37.3 Å². The van der Waals surface area contributed by atoms with Gasteiger partial charge in [0.1, 0.15) is 24.6 Å². The summed E-state index contributed by atoms with van der Waals surface area (Å²) in [6.45, 7) is 7.04. The molecule has 1 aromatic heterocycles. The third kappa shape index (κ3) is 8.73. The molecule has 1 aliphatic carbocycles. The summed E-state index contributed by atoms with van der Waals surface area (Å²) >= 11 is 0. The van der Waals surface area contributed by atoms with Crippen LogP contribution in [0.2, 0.25) is 0 Å². The zero-order chi connectivity index (χ0) is 36.9. The molecular formula is C34H48N3O13P. The maximum atomic E-state index is 13.3. The largest absolute Gasteiger partial charge is 0.530 e. The topological polar surface area (TPSA) is 205 Å². The maximum absolute atomic E-state index is 13.3. The molecule has 16 nitrogen and oxygen atoms in total. The van der Waals surface area contributed by atoms with Gasteiger partial charge in [0, 0.05) is 18.7 Å². The van der Waals surface area contributed by atoms with Crippen LogP contribution in [-0.4, -0.2) is 112 Å². The number of pyridine rings is 1. The highest BCUT2D eigenvalue weighted by atomic mass is 31.2. The van der Waals surface area contributed by atoms with Gasteiger partial charge in [0.25, 0.3) is 0 Å². The fraction of sp³-hybridized carbons (Fsp3) is 0.618. The molecule has 282 valence electrons. The van der Waals surface area contributed by atoms with Gasteiger partial charge in [-0.15, -0.1) is 0 Å². The van der Waals surface area contributed by atoms with E-state index in [1.165, 1.54) is 30.3 Å². The second-order valence-electron chi connectivity index (χ2n) is 12.8. The van der Waals surface area contributed by atoms with Gasteiger partial charge in [0.05, 0.1) is 56.2 Å². The first-order valence-corrected chi connectivity index (χ1v) is 18.6. The molecule has 0 radical (unpaired) electrons. The second-order valence-corrected chi connectivity index (χ2v) is 14.4. The molecule has 4 N–H and O–H groups in total. The van der Waals surface area contributed by atoms with E-state index in [1.54, 1.807) is 39.8 Å². The van der Waals surface area contributed by atoms with Crippen LogP contribution in [0.3, 0.4) is 0 Å². The number of fused-ring (bicyclic) bond motifs is 2. The van der Waals surface area contributed by atoms with Crippen molar-refractivity contribution in [3.8, 4) is 5.75 Å². The number of likely N-dealkylation sites (N-methyl/N-ethyl adjacent to an activating group) is 1. The van der Waals surface area contributed by atoms with Crippen LogP contribution in [0, 0.1) is 5.92 Å². The molecule has 5 rings (SSSR count). The van der Waals surface area contributed by atoms with Crippen molar-refractivity contribution in [1.82, 2.24) is 15.2 Å². The van der Waals surface area contributed by atoms with Gasteiger partial charge < -0.3 is 49.0 Å². The summed E-state index contributed by atoms with van der Waals surface area (Å²) < 4.78 is 52.4. The fourth-order valence-corrected chi connectivity index (χ4v) is 7.96. The van der Waals surface area contributed by atoms with Crippen LogP contribution in [0.4, 0.5) is 4.79 Å². The average Bonchev–Trinajstić information content (AvgIpc) is 3.09. The molecule has 17 heteroatoms. The first kappa shape index (κ1) is 39.0. The normalized spacial score (nSPS) is 31.9. The van der Waals surface area contributed by atoms with Crippen LogP contribution in [-0.2, 0) is 50.4 Å². The Morgan fingerprint density at radius 2 is 1.75 bits per heavy atom. The van der Waals surface area contributed by atoms with Gasteiger partial charge in [-0.25, -0.2) is 9.36 Å². The standard InChI is InChI=1S/C34H48N3O13P/c1-6-24-28(39)27(37(5)33(41)44-19-21-12-10-9-11-13-21)30-31(29(24)40)48-32-34(42,49-30)25(16-20(4)47-32)36-26(38)17-22-14-15-23(18-35-22)50-51(43,45-7-2)46-8-3/h9-15,18,20,24-25,27-32,39-40,42H,6-8,16-17,19H2,1-5H3,(H,36,38)/t20-,24-,25-,27+,28+,29+,30-,31-,32+,34+/m1/s1. The van der Waals surface area contributed by atoms with Gasteiger partial charge in [-0.3, -0.25) is 18.8 Å². The van der Waals surface area contributed by atoms with Gasteiger partial charge in [0.15, 0.2) is 0 Å². The summed E-state index contributed by atoms with van der Waals surface area (Å²) in [5, 5.41) is 37.7. The lowest BCUT2D eigenvalue weighted by Gasteiger charge is -2.58. The third-order valence-corrected chi connectivity index (χ3v) is 10.9. The molecule has 1 aromatic carbocycles. The van der Waals surface area contributed by atoms with E-state index in [-0.39, 0.29) is 38.4 Å². The predicted molar refractivity (Wildman–Crippen MR) is 179 cm³/mol. The summed E-state index contributed by atoms with van der Waals surface area (Å²) in [4.78, 5) is 32.1. The van der Waals surface area contributed by atoms with Gasteiger partial charge >= 0.3 is 13.9 Å². The Labute approximate surface area is 296 Å². The minimum absolute atomic E-state index is 0.0179. The zero-order valence-corrected chi connectivity index (χ0v) is 30.2. The quantitative estimate of drug-likeness (QED) is 0.218. The van der Waals surface area contributed by atoms with E-state index in [9.17, 15) is 29.5 Å². The maximum Gasteiger partial charge on any atom is 0.530 e. The van der Waals surface area contributed by atoms with E-state index in [2.05, 4.69) is 10.3 Å². The van der Waals surface area contributed by atoms with E-state index in [0.717, 1.165) is 5.56 Å². The van der Waals surface area contributed by atoms with Gasteiger partial charge in [0.2, 0.25) is 18.0 Å². The summed E-state index contributed by atoms with van der Waals surface area (Å²) in [5.41, 5.74) is 1.10. The molecule has 0 unspecified atom stereocenters. The lowest BCUT2D eigenvalue weighted by Crippen LogP contribution is -2.77. The Morgan fingerprint density at radius 3 is 2.37 bits per heavy atom. The monoisotopic (exact) mass is 737 g/mol. The van der Waals surface area contributed by atoms with Crippen molar-refractivity contribution in [2.24, 2.45) is 5.92 Å². The van der Waals surface area contributed by atoms with E-state index in [0.29, 0.717) is 12.1 Å². The number of nitrogens with one attached hydrogen (secondary N) is 1. The molecule has 0 bridgehead atoms. The molecule has 10 atom stereocenters. The molecule has 2 aliphatic heterocycles. The predicted octanol–water partition coefficient (Wildman–Crippen LogP) is 2.68. The van der Waals surface area contributed by atoms with E-state index in [1.807, 2.05) is 18.2 Å². The molecular weight excluding hydrogens is 689 g/mol. The molecule has 51 heavy (non-hydrogen) atoms. The average molecular weight is 738 g/mol. The molecule has 2 saturated heterocycles. The van der Waals surface area contributed by atoms with E-state index in [4.69, 9.17) is 32.5 Å². The lowest BCUT2D eigenvalue weighted by atomic mass is 9.74. The van der Waals surface area contributed by atoms with Crippen molar-refractivity contribution in [2.75, 3.05) is 20.3 Å². The van der Waals surface area contributed by atoms with Crippen molar-refractivity contribution in [3.63, 3.8) is 0 Å². The SMILES string of the molecule is CCOP(=O)(OCC)Oc1ccc(CC(=O)N[C@@H]2C[C@@H](C)O[C@H]3O[C@@H]4[C@@H](O)[C@H](CC)[C@H](O)[C@H](N(C)C(=O)OCc5ccccc5)[C@H]4O[C@]32O)nc1. The molecule has 2 amide bonds. The number of ether oxygens (including phenoxy) is 4. The number of nitrogens with zero attached hydrogens (tertiary/aromatic N) is 2. The number of aliphatic hydroxyl groups excluding tert-OH is 2. The molecule has 3 fully saturated rings. The van der Waals surface area contributed by atoms with Crippen molar-refractivity contribution < 1.29 is 62.0 Å². The number of aromatic nitrogens is 1. The van der Waals surface area contributed by atoms with Crippen LogP contribution < -0.4 is 9.84 Å². The smallest absolute Gasteiger partial charge is 0.445 e. The number of hydrogen-bond acceptors (Lipinski definition) is 14. The summed E-state index contributed by atoms with van der Waals surface area (Å²) in [7, 11) is -2.40. The van der Waals surface area contributed by atoms with Crippen molar-refractivity contribution in [3.05, 3.63) is 59.9 Å². The van der Waals surface area contributed by atoms with Crippen LogP contribution in [0.15, 0.2) is 48.7 Å². The number of hydrogen-bond donors (Lipinski definition) is 4. The number of carbonyl (C=O) groups excluding carboxylic acids is 2. The summed E-state index contributed by atoms with van der Waals surface area (Å²) in [6, 6.07) is 9.89. The second kappa shape index (κ2) is 16.7. The Kier molecular flexibility index (Phi) is 12.7. The minimum atomic E-state index is -3.84. The number of rotatable bonds is 13. The molecule has 1 saturated carbocycles. The van der Waals surface area contributed by atoms with Crippen LogP contribution in [0.5, 0.6) is 5.75 Å².